The number of unbranched alkanes of at least 4 members (excludes halogenated alkanes) is 10. The normalized spacial score (nSPS) is 14.9. The maximum atomic E-state index is 14.3. The molecule has 0 radical (unpaired) electrons. The summed E-state index contributed by atoms with van der Waals surface area (Å²) in [4.78, 5) is 1.52. The van der Waals surface area contributed by atoms with Gasteiger partial charge in [0, 0.05) is 6.42 Å². The van der Waals surface area contributed by atoms with Gasteiger partial charge < -0.3 is 4.90 Å². The summed E-state index contributed by atoms with van der Waals surface area (Å²) < 4.78 is 229. The highest BCUT2D eigenvalue weighted by Gasteiger charge is 2.95. The maximum absolute atomic E-state index is 14.3. The lowest BCUT2D eigenvalue weighted by atomic mass is 9.88. The van der Waals surface area contributed by atoms with Crippen LogP contribution in [0.15, 0.2) is 0 Å². The fraction of sp³-hybridized carbons (Fsp3) is 1.00. The van der Waals surface area contributed by atoms with Gasteiger partial charge in [-0.3, -0.25) is 0 Å². The van der Waals surface area contributed by atoms with Crippen LogP contribution >= 0.6 is 0 Å². The number of hydrogen-bond donors (Lipinski definition) is 0. The summed E-state index contributed by atoms with van der Waals surface area (Å²) in [6, 6.07) is 0. The van der Waals surface area contributed by atoms with Crippen LogP contribution in [0.3, 0.4) is 0 Å². The predicted molar refractivity (Wildman–Crippen MR) is 133 cm³/mol. The quantitative estimate of drug-likeness (QED) is 0.0715. The molecule has 1 nitrogen and oxygen atoms in total. The SMILES string of the molecule is CCCCCCCCN(CCCCCCCC)CCCC(F)(F)C(F)(F)C(F)(F)C(F)(F)C(F)(F)C(F)(F)C(F)(F)C(F)(F)F. The number of alkyl halides is 17. The highest BCUT2D eigenvalue weighted by atomic mass is 19.4. The van der Waals surface area contributed by atoms with Crippen LogP contribution in [0, 0.1) is 0 Å². The largest absolute Gasteiger partial charge is 0.460 e. The summed E-state index contributed by atoms with van der Waals surface area (Å²) in [5.74, 6) is -55.9. The lowest BCUT2D eigenvalue weighted by Crippen LogP contribution is -2.74. The van der Waals surface area contributed by atoms with Crippen LogP contribution in [-0.4, -0.2) is 72.2 Å². The second kappa shape index (κ2) is 16.7. The second-order valence-electron chi connectivity index (χ2n) is 11.1. The number of nitrogens with zero attached hydrogens (tertiary/aromatic N) is 1. The summed E-state index contributed by atoms with van der Waals surface area (Å²) in [6.45, 7) is 4.00. The van der Waals surface area contributed by atoms with Gasteiger partial charge in [-0.15, -0.1) is 0 Å². The van der Waals surface area contributed by atoms with Gasteiger partial charge in [0.1, 0.15) is 0 Å². The molecule has 0 amide bonds. The maximum Gasteiger partial charge on any atom is 0.460 e. The van der Waals surface area contributed by atoms with Gasteiger partial charge in [0.2, 0.25) is 0 Å². The lowest BCUT2D eigenvalue weighted by molar-refractivity contribution is -0.461. The number of halogens is 17. The Kier molecular flexibility index (Phi) is 16.3. The van der Waals surface area contributed by atoms with E-state index in [1.807, 2.05) is 13.8 Å². The summed E-state index contributed by atoms with van der Waals surface area (Å²) in [7, 11) is 0. The first-order valence-electron chi connectivity index (χ1n) is 14.7. The van der Waals surface area contributed by atoms with Crippen molar-refractivity contribution in [3.05, 3.63) is 0 Å². The molecule has 0 N–H and O–H groups in total. The Balaban J connectivity index is 5.81. The Morgan fingerprint density at radius 1 is 0.333 bits per heavy atom. The van der Waals surface area contributed by atoms with Crippen LogP contribution in [0.25, 0.3) is 0 Å². The molecule has 0 aliphatic heterocycles. The lowest BCUT2D eigenvalue weighted by Gasteiger charge is -2.42. The van der Waals surface area contributed by atoms with E-state index in [2.05, 4.69) is 0 Å². The molecule has 0 aromatic carbocycles. The molecule has 0 saturated heterocycles. The van der Waals surface area contributed by atoms with E-state index in [1.165, 1.54) is 4.90 Å². The van der Waals surface area contributed by atoms with Crippen molar-refractivity contribution in [2.24, 2.45) is 0 Å². The van der Waals surface area contributed by atoms with Crippen LogP contribution in [0.5, 0.6) is 0 Å². The van der Waals surface area contributed by atoms with Crippen LogP contribution in [0.1, 0.15) is 104 Å². The van der Waals surface area contributed by atoms with Crippen molar-refractivity contribution in [1.29, 1.82) is 0 Å². The first-order valence-corrected chi connectivity index (χ1v) is 14.7. The molecule has 45 heavy (non-hydrogen) atoms. The standard InChI is InChI=1S/C27H40F17N/c1-3-5-7-9-11-13-17-45(18-14-12-10-8-6-4-2)19-15-16-20(28,29)21(30,31)22(32,33)23(34,35)24(36,37)25(38,39)26(40,41)27(42,43)44/h3-19H2,1-2H3. The third kappa shape index (κ3) is 9.89. The van der Waals surface area contributed by atoms with E-state index in [9.17, 15) is 74.6 Å². The Hall–Kier alpha value is -1.23. The fourth-order valence-corrected chi connectivity index (χ4v) is 4.44. The van der Waals surface area contributed by atoms with Gasteiger partial charge in [-0.25, -0.2) is 0 Å². The van der Waals surface area contributed by atoms with Crippen molar-refractivity contribution in [1.82, 2.24) is 4.90 Å². The number of hydrogen-bond acceptors (Lipinski definition) is 1. The minimum absolute atomic E-state index is 0.256. The Labute approximate surface area is 251 Å². The van der Waals surface area contributed by atoms with Crippen LogP contribution < -0.4 is 0 Å². The Morgan fingerprint density at radius 3 is 0.978 bits per heavy atom. The fourth-order valence-electron chi connectivity index (χ4n) is 4.44. The monoisotopic (exact) mass is 701 g/mol. The summed E-state index contributed by atoms with van der Waals surface area (Å²) in [6.07, 6.45) is -1.46. The third-order valence-electron chi connectivity index (χ3n) is 7.41. The zero-order valence-corrected chi connectivity index (χ0v) is 24.9. The Morgan fingerprint density at radius 2 is 0.622 bits per heavy atom. The molecule has 0 saturated carbocycles. The van der Waals surface area contributed by atoms with E-state index >= 15 is 0 Å². The predicted octanol–water partition coefficient (Wildman–Crippen LogP) is 11.8. The van der Waals surface area contributed by atoms with Crippen molar-refractivity contribution in [3.8, 4) is 0 Å². The molecule has 0 bridgehead atoms. The minimum Gasteiger partial charge on any atom is -0.303 e. The average Bonchev–Trinajstić information content (AvgIpc) is 2.90. The van der Waals surface area contributed by atoms with E-state index in [1.54, 1.807) is 0 Å². The van der Waals surface area contributed by atoms with Crippen molar-refractivity contribution in [2.45, 2.75) is 151 Å². The van der Waals surface area contributed by atoms with E-state index in [4.69, 9.17) is 0 Å². The van der Waals surface area contributed by atoms with E-state index in [-0.39, 0.29) is 13.1 Å². The zero-order chi connectivity index (χ0) is 35.6. The summed E-state index contributed by atoms with van der Waals surface area (Å²) >= 11 is 0. The van der Waals surface area contributed by atoms with Gasteiger partial charge in [0.25, 0.3) is 0 Å². The highest BCUT2D eigenvalue weighted by molar-refractivity contribution is 5.15. The summed E-state index contributed by atoms with van der Waals surface area (Å²) in [5.41, 5.74) is 0. The molecule has 0 aromatic rings. The van der Waals surface area contributed by atoms with Gasteiger partial charge in [0.05, 0.1) is 0 Å². The van der Waals surface area contributed by atoms with E-state index in [0.717, 1.165) is 51.4 Å². The molecular formula is C27H40F17N. The topological polar surface area (TPSA) is 3.24 Å². The van der Waals surface area contributed by atoms with Crippen LogP contribution in [-0.2, 0) is 0 Å². The zero-order valence-electron chi connectivity index (χ0n) is 24.9. The van der Waals surface area contributed by atoms with Gasteiger partial charge in [0.15, 0.2) is 0 Å². The molecule has 0 spiro atoms. The molecule has 18 heteroatoms. The first-order chi connectivity index (χ1) is 20.2. The smallest absolute Gasteiger partial charge is 0.303 e. The molecule has 0 unspecified atom stereocenters. The molecule has 272 valence electrons. The van der Waals surface area contributed by atoms with E-state index < -0.39 is 67.0 Å². The number of rotatable bonds is 24. The van der Waals surface area contributed by atoms with Crippen molar-refractivity contribution < 1.29 is 74.6 Å². The minimum atomic E-state index is -8.59. The van der Waals surface area contributed by atoms with Gasteiger partial charge in [-0.1, -0.05) is 78.1 Å². The van der Waals surface area contributed by atoms with Crippen molar-refractivity contribution in [2.75, 3.05) is 19.6 Å². The second-order valence-corrected chi connectivity index (χ2v) is 11.1. The van der Waals surface area contributed by atoms with Gasteiger partial charge in [-0.2, -0.15) is 74.6 Å². The Bertz CT molecular complexity index is 824. The van der Waals surface area contributed by atoms with Crippen molar-refractivity contribution in [3.63, 3.8) is 0 Å². The van der Waals surface area contributed by atoms with Crippen LogP contribution in [0.2, 0.25) is 0 Å². The highest BCUT2D eigenvalue weighted by Crippen LogP contribution is 2.64. The van der Waals surface area contributed by atoms with Gasteiger partial charge in [-0.05, 0) is 38.9 Å². The van der Waals surface area contributed by atoms with E-state index in [0.29, 0.717) is 25.7 Å². The molecule has 0 aliphatic rings. The first kappa shape index (κ1) is 43.8. The summed E-state index contributed by atoms with van der Waals surface area (Å²) in [5, 5.41) is 0. The molecule has 0 rings (SSSR count). The third-order valence-corrected chi connectivity index (χ3v) is 7.41. The average molecular weight is 702 g/mol. The molecule has 0 heterocycles. The molecule has 0 aromatic heterocycles. The van der Waals surface area contributed by atoms with Crippen LogP contribution in [0.4, 0.5) is 74.6 Å². The molecule has 0 aliphatic carbocycles. The molecular weight excluding hydrogens is 661 g/mol. The van der Waals surface area contributed by atoms with Gasteiger partial charge >= 0.3 is 47.6 Å². The van der Waals surface area contributed by atoms with Crippen molar-refractivity contribution >= 4 is 0 Å². The molecule has 0 atom stereocenters. The molecule has 0 fully saturated rings.